The van der Waals surface area contributed by atoms with Crippen molar-refractivity contribution in [1.29, 1.82) is 0 Å². The third-order valence-corrected chi connectivity index (χ3v) is 4.97. The molecule has 158 valence electrons. The van der Waals surface area contributed by atoms with Gasteiger partial charge in [0.25, 0.3) is 5.91 Å². The molecule has 1 unspecified atom stereocenters. The highest BCUT2D eigenvalue weighted by Crippen LogP contribution is 2.18. The second-order valence-electron chi connectivity index (χ2n) is 8.39. The summed E-state index contributed by atoms with van der Waals surface area (Å²) in [6, 6.07) is 7.84. The summed E-state index contributed by atoms with van der Waals surface area (Å²) in [5, 5.41) is 6.06. The van der Waals surface area contributed by atoms with Crippen LogP contribution >= 0.6 is 0 Å². The molecule has 0 aromatic heterocycles. The van der Waals surface area contributed by atoms with Crippen molar-refractivity contribution in [2.75, 3.05) is 39.8 Å². The molecule has 8 heteroatoms. The highest BCUT2D eigenvalue weighted by molar-refractivity contribution is 5.94. The zero-order chi connectivity index (χ0) is 21.0. The van der Waals surface area contributed by atoms with E-state index in [1.54, 1.807) is 11.9 Å². The van der Waals surface area contributed by atoms with Crippen molar-refractivity contribution >= 4 is 18.0 Å². The lowest BCUT2D eigenvalue weighted by Gasteiger charge is -2.39. The molecular formula is C21H31N5O3. The number of ether oxygens (including phenoxy) is 1. The number of nitrogens with one attached hydrogen (secondary N) is 2. The second-order valence-corrected chi connectivity index (χ2v) is 8.39. The molecule has 29 heavy (non-hydrogen) atoms. The number of amides is 2. The summed E-state index contributed by atoms with van der Waals surface area (Å²) in [5.41, 5.74) is 1.28. The predicted octanol–water partition coefficient (Wildman–Crippen LogP) is 1.47. The Morgan fingerprint density at radius 1 is 1.28 bits per heavy atom. The van der Waals surface area contributed by atoms with Crippen molar-refractivity contribution in [3.63, 3.8) is 0 Å². The van der Waals surface area contributed by atoms with E-state index in [0.717, 1.165) is 31.0 Å². The number of carbonyl (C=O) groups excluding carboxylic acids is 2. The van der Waals surface area contributed by atoms with Crippen LogP contribution in [0.25, 0.3) is 0 Å². The summed E-state index contributed by atoms with van der Waals surface area (Å²) in [5.74, 6) is 0.812. The summed E-state index contributed by atoms with van der Waals surface area (Å²) >= 11 is 0. The van der Waals surface area contributed by atoms with Gasteiger partial charge in [-0.25, -0.2) is 4.79 Å². The quantitative estimate of drug-likeness (QED) is 0.798. The Hall–Kier alpha value is -2.77. The highest BCUT2D eigenvalue weighted by Gasteiger charge is 2.36. The van der Waals surface area contributed by atoms with Crippen molar-refractivity contribution in [1.82, 2.24) is 20.4 Å². The van der Waals surface area contributed by atoms with E-state index in [-0.39, 0.29) is 18.0 Å². The third-order valence-electron chi connectivity index (χ3n) is 4.97. The molecule has 0 spiro atoms. The summed E-state index contributed by atoms with van der Waals surface area (Å²) in [7, 11) is 1.63. The molecule has 2 heterocycles. The summed E-state index contributed by atoms with van der Waals surface area (Å²) in [6.07, 6.45) is 0.543. The first-order valence-electron chi connectivity index (χ1n) is 10.1. The SMILES string of the molecule is CNC(=O)c1cccc(CCNC2=NCC3CN(C(=O)OC(C)(C)C)CCN23)c1. The minimum atomic E-state index is -0.484. The van der Waals surface area contributed by atoms with E-state index in [1.807, 2.05) is 45.0 Å². The van der Waals surface area contributed by atoms with E-state index in [1.165, 1.54) is 0 Å². The number of piperazine rings is 1. The van der Waals surface area contributed by atoms with Gasteiger partial charge in [0.05, 0.1) is 12.6 Å². The molecular weight excluding hydrogens is 370 g/mol. The molecule has 0 saturated carbocycles. The highest BCUT2D eigenvalue weighted by atomic mass is 16.6. The normalized spacial score (nSPS) is 18.8. The molecule has 2 aliphatic heterocycles. The number of guanidine groups is 1. The summed E-state index contributed by atoms with van der Waals surface area (Å²) < 4.78 is 5.49. The number of hydrogen-bond acceptors (Lipinski definition) is 6. The number of fused-ring (bicyclic) bond motifs is 1. The van der Waals surface area contributed by atoms with Crippen LogP contribution < -0.4 is 10.6 Å². The topological polar surface area (TPSA) is 86.3 Å². The molecule has 2 aliphatic rings. The van der Waals surface area contributed by atoms with Crippen molar-refractivity contribution in [2.45, 2.75) is 38.8 Å². The molecule has 0 radical (unpaired) electrons. The molecule has 2 amide bonds. The smallest absolute Gasteiger partial charge is 0.410 e. The van der Waals surface area contributed by atoms with Gasteiger partial charge in [-0.3, -0.25) is 9.79 Å². The zero-order valence-corrected chi connectivity index (χ0v) is 17.7. The first-order valence-corrected chi connectivity index (χ1v) is 10.1. The number of aliphatic imine (C=N–C) groups is 1. The van der Waals surface area contributed by atoms with Gasteiger partial charge in [-0.15, -0.1) is 0 Å². The monoisotopic (exact) mass is 401 g/mol. The van der Waals surface area contributed by atoms with Crippen LogP contribution in [0.4, 0.5) is 4.79 Å². The van der Waals surface area contributed by atoms with Gasteiger partial charge in [0.15, 0.2) is 5.96 Å². The van der Waals surface area contributed by atoms with Crippen LogP contribution in [0.5, 0.6) is 0 Å². The van der Waals surface area contributed by atoms with Gasteiger partial charge in [-0.1, -0.05) is 12.1 Å². The van der Waals surface area contributed by atoms with Crippen molar-refractivity contribution in [2.24, 2.45) is 4.99 Å². The minimum Gasteiger partial charge on any atom is -0.444 e. The van der Waals surface area contributed by atoms with Gasteiger partial charge in [0.1, 0.15) is 5.60 Å². The first-order chi connectivity index (χ1) is 13.8. The fraction of sp³-hybridized carbons (Fsp3) is 0.571. The molecule has 1 atom stereocenters. The van der Waals surface area contributed by atoms with Gasteiger partial charge in [0, 0.05) is 38.8 Å². The fourth-order valence-electron chi connectivity index (χ4n) is 3.55. The number of hydrogen-bond donors (Lipinski definition) is 2. The molecule has 1 aromatic rings. The number of benzene rings is 1. The van der Waals surface area contributed by atoms with Crippen molar-refractivity contribution in [3.8, 4) is 0 Å². The maximum absolute atomic E-state index is 12.3. The Kier molecular flexibility index (Phi) is 6.30. The van der Waals surface area contributed by atoms with Crippen molar-refractivity contribution < 1.29 is 14.3 Å². The first kappa shape index (κ1) is 21.0. The predicted molar refractivity (Wildman–Crippen MR) is 112 cm³/mol. The Labute approximate surface area is 172 Å². The zero-order valence-electron chi connectivity index (χ0n) is 17.7. The molecule has 1 fully saturated rings. The van der Waals surface area contributed by atoms with Gasteiger partial charge < -0.3 is 25.2 Å². The van der Waals surface area contributed by atoms with E-state index in [2.05, 4.69) is 20.5 Å². The molecule has 0 aliphatic carbocycles. The average molecular weight is 402 g/mol. The number of carbonyl (C=O) groups is 2. The largest absolute Gasteiger partial charge is 0.444 e. The molecule has 0 bridgehead atoms. The van der Waals surface area contributed by atoms with Gasteiger partial charge in [0.2, 0.25) is 0 Å². The third kappa shape index (κ3) is 5.40. The Balaban J connectivity index is 1.48. The van der Waals surface area contributed by atoms with E-state index < -0.39 is 5.60 Å². The summed E-state index contributed by atoms with van der Waals surface area (Å²) in [4.78, 5) is 32.7. The molecule has 3 rings (SSSR count). The fourth-order valence-corrected chi connectivity index (χ4v) is 3.55. The van der Waals surface area contributed by atoms with E-state index >= 15 is 0 Å². The standard InChI is InChI=1S/C21H31N5O3/c1-21(2,3)29-20(28)25-10-11-26-17(14-25)13-24-19(26)23-9-8-15-6-5-7-16(12-15)18(27)22-4/h5-7,12,17H,8-11,13-14H2,1-4H3,(H,22,27)(H,23,24). The lowest BCUT2D eigenvalue weighted by molar-refractivity contribution is 0.0137. The van der Waals surface area contributed by atoms with Crippen LogP contribution in [0.2, 0.25) is 0 Å². The van der Waals surface area contributed by atoms with E-state index in [4.69, 9.17) is 4.74 Å². The molecule has 1 aromatic carbocycles. The lowest BCUT2D eigenvalue weighted by atomic mass is 10.1. The van der Waals surface area contributed by atoms with Crippen LogP contribution in [0.3, 0.4) is 0 Å². The van der Waals surface area contributed by atoms with Gasteiger partial charge in [-0.05, 0) is 44.9 Å². The Morgan fingerprint density at radius 3 is 2.79 bits per heavy atom. The van der Waals surface area contributed by atoms with E-state index in [9.17, 15) is 9.59 Å². The van der Waals surface area contributed by atoms with Crippen LogP contribution in [-0.2, 0) is 11.2 Å². The lowest BCUT2D eigenvalue weighted by Crippen LogP contribution is -2.57. The summed E-state index contributed by atoms with van der Waals surface area (Å²) in [6.45, 7) is 9.04. The minimum absolute atomic E-state index is 0.0781. The van der Waals surface area contributed by atoms with E-state index in [0.29, 0.717) is 25.2 Å². The van der Waals surface area contributed by atoms with Crippen LogP contribution in [-0.4, -0.2) is 79.2 Å². The maximum atomic E-state index is 12.3. The second kappa shape index (κ2) is 8.71. The maximum Gasteiger partial charge on any atom is 0.410 e. The molecule has 2 N–H and O–H groups in total. The van der Waals surface area contributed by atoms with Crippen LogP contribution in [0.1, 0.15) is 36.7 Å². The number of nitrogens with zero attached hydrogens (tertiary/aromatic N) is 3. The van der Waals surface area contributed by atoms with Crippen LogP contribution in [0.15, 0.2) is 29.3 Å². The average Bonchev–Trinajstić information content (AvgIpc) is 3.08. The Bertz CT molecular complexity index is 787. The molecule has 1 saturated heterocycles. The van der Waals surface area contributed by atoms with Crippen LogP contribution in [0, 0.1) is 0 Å². The van der Waals surface area contributed by atoms with Gasteiger partial charge >= 0.3 is 6.09 Å². The Morgan fingerprint density at radius 2 is 2.07 bits per heavy atom. The van der Waals surface area contributed by atoms with Crippen molar-refractivity contribution in [3.05, 3.63) is 35.4 Å². The molecule has 8 nitrogen and oxygen atoms in total. The number of rotatable bonds is 4. The van der Waals surface area contributed by atoms with Gasteiger partial charge in [-0.2, -0.15) is 0 Å².